The zero-order valence-corrected chi connectivity index (χ0v) is 15.1. The zero-order valence-electron chi connectivity index (χ0n) is 14.3. The predicted molar refractivity (Wildman–Crippen MR) is 97.6 cm³/mol. The molecule has 1 aliphatic carbocycles. The molecule has 0 radical (unpaired) electrons. The number of aromatic amines is 1. The summed E-state index contributed by atoms with van der Waals surface area (Å²) >= 11 is 1.84. The molecule has 2 aromatic heterocycles. The van der Waals surface area contributed by atoms with E-state index in [4.69, 9.17) is 4.98 Å². The second-order valence-corrected chi connectivity index (χ2v) is 8.56. The van der Waals surface area contributed by atoms with Crippen molar-refractivity contribution in [3.63, 3.8) is 0 Å². The summed E-state index contributed by atoms with van der Waals surface area (Å²) in [5.41, 5.74) is 2.01. The topological polar surface area (TPSA) is 49.0 Å². The van der Waals surface area contributed by atoms with E-state index >= 15 is 0 Å². The number of thiophene rings is 1. The third kappa shape index (κ3) is 3.33. The van der Waals surface area contributed by atoms with Gasteiger partial charge in [0, 0.05) is 41.7 Å². The molecule has 2 aliphatic rings. The Hall–Kier alpha value is -1.46. The van der Waals surface area contributed by atoms with Gasteiger partial charge in [-0.1, -0.05) is 19.3 Å². The molecule has 5 heteroatoms. The van der Waals surface area contributed by atoms with Crippen LogP contribution in [-0.4, -0.2) is 21.4 Å². The van der Waals surface area contributed by atoms with E-state index < -0.39 is 0 Å². The molecule has 1 saturated carbocycles. The monoisotopic (exact) mass is 343 g/mol. The number of hydrogen-bond donors (Lipinski definition) is 1. The summed E-state index contributed by atoms with van der Waals surface area (Å²) in [5.74, 6) is 1.41. The van der Waals surface area contributed by atoms with E-state index in [0.717, 1.165) is 43.1 Å². The molecule has 4 rings (SSSR count). The highest BCUT2D eigenvalue weighted by atomic mass is 32.1. The van der Waals surface area contributed by atoms with Gasteiger partial charge in [-0.3, -0.25) is 9.69 Å². The van der Waals surface area contributed by atoms with Gasteiger partial charge in [-0.2, -0.15) is 0 Å². The standard InChI is InChI=1S/C19H25N3OS/c1-13-7-8-15(24-13)11-22-10-9-17-16(12-22)19(23)21-18(20-17)14-5-3-2-4-6-14/h7-8,14H,2-6,9-12H2,1H3,(H,20,21,23). The smallest absolute Gasteiger partial charge is 0.255 e. The molecule has 0 saturated heterocycles. The normalized spacial score (nSPS) is 19.4. The molecule has 0 atom stereocenters. The molecular weight excluding hydrogens is 318 g/mol. The maximum absolute atomic E-state index is 12.6. The van der Waals surface area contributed by atoms with Crippen molar-refractivity contribution in [1.82, 2.24) is 14.9 Å². The molecule has 1 N–H and O–H groups in total. The summed E-state index contributed by atoms with van der Waals surface area (Å²) in [6.45, 7) is 4.78. The Bertz CT molecular complexity index is 773. The maximum Gasteiger partial charge on any atom is 0.255 e. The van der Waals surface area contributed by atoms with Gasteiger partial charge < -0.3 is 4.98 Å². The molecule has 3 heterocycles. The Morgan fingerprint density at radius 2 is 2.12 bits per heavy atom. The first-order valence-corrected chi connectivity index (χ1v) is 9.90. The van der Waals surface area contributed by atoms with E-state index in [-0.39, 0.29) is 5.56 Å². The summed E-state index contributed by atoms with van der Waals surface area (Å²) in [6, 6.07) is 4.37. The molecule has 0 amide bonds. The van der Waals surface area contributed by atoms with Crippen LogP contribution in [0.5, 0.6) is 0 Å². The molecule has 0 spiro atoms. The lowest BCUT2D eigenvalue weighted by Crippen LogP contribution is -2.36. The molecule has 2 aromatic rings. The number of rotatable bonds is 3. The van der Waals surface area contributed by atoms with Crippen molar-refractivity contribution >= 4 is 11.3 Å². The maximum atomic E-state index is 12.6. The third-order valence-corrected chi connectivity index (χ3v) is 6.32. The minimum Gasteiger partial charge on any atom is -0.310 e. The quantitative estimate of drug-likeness (QED) is 0.923. The van der Waals surface area contributed by atoms with Gasteiger partial charge in [0.2, 0.25) is 0 Å². The number of H-pyrrole nitrogens is 1. The van der Waals surface area contributed by atoms with Crippen LogP contribution in [0.25, 0.3) is 0 Å². The fourth-order valence-corrected chi connectivity index (χ4v) is 4.93. The van der Waals surface area contributed by atoms with E-state index in [1.165, 1.54) is 41.9 Å². The van der Waals surface area contributed by atoms with Crippen LogP contribution in [0.3, 0.4) is 0 Å². The van der Waals surface area contributed by atoms with Crippen LogP contribution in [0.4, 0.5) is 0 Å². The number of nitrogens with zero attached hydrogens (tertiary/aromatic N) is 2. The molecule has 24 heavy (non-hydrogen) atoms. The van der Waals surface area contributed by atoms with Crippen molar-refractivity contribution in [2.75, 3.05) is 6.54 Å². The average molecular weight is 343 g/mol. The van der Waals surface area contributed by atoms with E-state index in [2.05, 4.69) is 28.9 Å². The van der Waals surface area contributed by atoms with E-state index in [1.54, 1.807) is 0 Å². The van der Waals surface area contributed by atoms with Crippen LogP contribution in [0.15, 0.2) is 16.9 Å². The van der Waals surface area contributed by atoms with Crippen molar-refractivity contribution in [1.29, 1.82) is 0 Å². The van der Waals surface area contributed by atoms with Gasteiger partial charge in [0.1, 0.15) is 5.82 Å². The van der Waals surface area contributed by atoms with Gasteiger partial charge in [0.15, 0.2) is 0 Å². The number of aromatic nitrogens is 2. The van der Waals surface area contributed by atoms with Crippen LogP contribution < -0.4 is 5.56 Å². The van der Waals surface area contributed by atoms with Crippen molar-refractivity contribution < 1.29 is 0 Å². The van der Waals surface area contributed by atoms with Crippen molar-refractivity contribution in [2.24, 2.45) is 0 Å². The van der Waals surface area contributed by atoms with Crippen LogP contribution in [-0.2, 0) is 19.5 Å². The molecular formula is C19H25N3OS. The number of nitrogens with one attached hydrogen (secondary N) is 1. The molecule has 1 fully saturated rings. The number of hydrogen-bond acceptors (Lipinski definition) is 4. The van der Waals surface area contributed by atoms with Crippen LogP contribution in [0.1, 0.15) is 64.9 Å². The highest BCUT2D eigenvalue weighted by Gasteiger charge is 2.24. The Labute approximate surface area is 146 Å². The van der Waals surface area contributed by atoms with Crippen molar-refractivity contribution in [3.05, 3.63) is 49.3 Å². The summed E-state index contributed by atoms with van der Waals surface area (Å²) in [7, 11) is 0. The van der Waals surface area contributed by atoms with Gasteiger partial charge in [0.05, 0.1) is 11.3 Å². The van der Waals surface area contributed by atoms with Crippen molar-refractivity contribution in [2.45, 2.75) is 64.5 Å². The Balaban J connectivity index is 1.52. The Morgan fingerprint density at radius 3 is 2.88 bits per heavy atom. The fraction of sp³-hybridized carbons (Fsp3) is 0.579. The minimum atomic E-state index is 0.0904. The van der Waals surface area contributed by atoms with E-state index in [0.29, 0.717) is 5.92 Å². The summed E-state index contributed by atoms with van der Waals surface area (Å²) < 4.78 is 0. The van der Waals surface area contributed by atoms with Crippen LogP contribution in [0.2, 0.25) is 0 Å². The highest BCUT2D eigenvalue weighted by Crippen LogP contribution is 2.31. The zero-order chi connectivity index (χ0) is 16.5. The third-order valence-electron chi connectivity index (χ3n) is 5.33. The fourth-order valence-electron chi connectivity index (χ4n) is 3.99. The highest BCUT2D eigenvalue weighted by molar-refractivity contribution is 7.11. The Morgan fingerprint density at radius 1 is 1.29 bits per heavy atom. The average Bonchev–Trinajstić information content (AvgIpc) is 3.01. The van der Waals surface area contributed by atoms with Gasteiger partial charge in [-0.15, -0.1) is 11.3 Å². The molecule has 0 aromatic carbocycles. The first-order valence-electron chi connectivity index (χ1n) is 9.08. The van der Waals surface area contributed by atoms with Crippen molar-refractivity contribution in [3.8, 4) is 0 Å². The van der Waals surface area contributed by atoms with E-state index in [9.17, 15) is 4.79 Å². The molecule has 0 bridgehead atoms. The van der Waals surface area contributed by atoms with Gasteiger partial charge >= 0.3 is 0 Å². The lowest BCUT2D eigenvalue weighted by molar-refractivity contribution is 0.243. The molecule has 4 nitrogen and oxygen atoms in total. The lowest BCUT2D eigenvalue weighted by Gasteiger charge is -2.28. The van der Waals surface area contributed by atoms with Gasteiger partial charge in [-0.05, 0) is 31.9 Å². The first-order chi connectivity index (χ1) is 11.7. The minimum absolute atomic E-state index is 0.0904. The predicted octanol–water partition coefficient (Wildman–Crippen LogP) is 3.75. The summed E-state index contributed by atoms with van der Waals surface area (Å²) in [5, 5.41) is 0. The SMILES string of the molecule is Cc1ccc(CN2CCc3nc(C4CCCCC4)[nH]c(=O)c3C2)s1. The van der Waals surface area contributed by atoms with E-state index in [1.807, 2.05) is 11.3 Å². The largest absolute Gasteiger partial charge is 0.310 e. The number of fused-ring (bicyclic) bond motifs is 1. The second kappa shape index (κ2) is 6.81. The van der Waals surface area contributed by atoms with Crippen LogP contribution >= 0.6 is 11.3 Å². The molecule has 0 unspecified atom stereocenters. The van der Waals surface area contributed by atoms with Gasteiger partial charge in [0.25, 0.3) is 5.56 Å². The summed E-state index contributed by atoms with van der Waals surface area (Å²) in [6.07, 6.45) is 7.09. The first kappa shape index (κ1) is 16.0. The Kier molecular flexibility index (Phi) is 4.55. The molecule has 1 aliphatic heterocycles. The summed E-state index contributed by atoms with van der Waals surface area (Å²) in [4.78, 5) is 25.7. The second-order valence-electron chi connectivity index (χ2n) is 7.18. The van der Waals surface area contributed by atoms with Gasteiger partial charge in [-0.25, -0.2) is 4.98 Å². The molecule has 128 valence electrons. The lowest BCUT2D eigenvalue weighted by atomic mass is 9.88. The van der Waals surface area contributed by atoms with Crippen LogP contribution in [0, 0.1) is 6.92 Å². The number of aryl methyl sites for hydroxylation is 1.